The summed E-state index contributed by atoms with van der Waals surface area (Å²) in [7, 11) is 1.72. The lowest BCUT2D eigenvalue weighted by molar-refractivity contribution is 0.109. The third kappa shape index (κ3) is 3.31. The largest absolute Gasteiger partial charge is 0.368 e. The standard InChI is InChI=1S/C20H19F2N7/c1-13-9-16(21)25-11-15(13)17-18(14(10-23)3-6-24-17)29-7-4-20(22,5-8-29)19-27-26-12-28(19)2/h3,6,9,11-12H,4-5,7-8H2,1-2H3. The van der Waals surface area contributed by atoms with Crippen LogP contribution in [-0.2, 0) is 12.7 Å². The summed E-state index contributed by atoms with van der Waals surface area (Å²) >= 11 is 0. The molecule has 1 saturated heterocycles. The third-order valence-electron chi connectivity index (χ3n) is 5.36. The van der Waals surface area contributed by atoms with Crippen LogP contribution in [0.1, 0.15) is 29.8 Å². The number of anilines is 1. The quantitative estimate of drug-likeness (QED) is 0.634. The monoisotopic (exact) mass is 395 g/mol. The van der Waals surface area contributed by atoms with Crippen LogP contribution < -0.4 is 4.90 Å². The van der Waals surface area contributed by atoms with Crippen molar-refractivity contribution in [3.63, 3.8) is 0 Å². The number of hydrogen-bond donors (Lipinski definition) is 0. The molecule has 9 heteroatoms. The third-order valence-corrected chi connectivity index (χ3v) is 5.36. The Balaban J connectivity index is 1.71. The molecular formula is C20H19F2N7. The molecule has 3 aromatic rings. The van der Waals surface area contributed by atoms with Crippen molar-refractivity contribution in [2.75, 3.05) is 18.0 Å². The van der Waals surface area contributed by atoms with Gasteiger partial charge in [0.2, 0.25) is 5.95 Å². The Kier molecular flexibility index (Phi) is 4.70. The van der Waals surface area contributed by atoms with Crippen LogP contribution >= 0.6 is 0 Å². The number of nitriles is 1. The smallest absolute Gasteiger partial charge is 0.213 e. The van der Waals surface area contributed by atoms with E-state index in [9.17, 15) is 9.65 Å². The minimum atomic E-state index is -1.58. The molecule has 0 spiro atoms. The van der Waals surface area contributed by atoms with Crippen LogP contribution in [-0.4, -0.2) is 37.8 Å². The Hall–Kier alpha value is -3.41. The Morgan fingerprint density at radius 2 is 2.00 bits per heavy atom. The first-order chi connectivity index (χ1) is 13.9. The molecule has 0 radical (unpaired) electrons. The zero-order valence-electron chi connectivity index (χ0n) is 16.1. The highest BCUT2D eigenvalue weighted by Crippen LogP contribution is 2.40. The molecule has 0 N–H and O–H groups in total. The maximum atomic E-state index is 15.5. The van der Waals surface area contributed by atoms with Crippen LogP contribution in [0.3, 0.4) is 0 Å². The summed E-state index contributed by atoms with van der Waals surface area (Å²) in [5, 5.41) is 17.4. The predicted octanol–water partition coefficient (Wildman–Crippen LogP) is 3.06. The first-order valence-electron chi connectivity index (χ1n) is 9.23. The number of aromatic nitrogens is 5. The van der Waals surface area contributed by atoms with Gasteiger partial charge in [-0.1, -0.05) is 0 Å². The molecular weight excluding hydrogens is 376 g/mol. The van der Waals surface area contributed by atoms with Gasteiger partial charge in [-0.2, -0.15) is 9.65 Å². The Morgan fingerprint density at radius 1 is 1.24 bits per heavy atom. The van der Waals surface area contributed by atoms with Crippen molar-refractivity contribution in [2.45, 2.75) is 25.4 Å². The number of aryl methyl sites for hydroxylation is 2. The molecule has 3 aromatic heterocycles. The highest BCUT2D eigenvalue weighted by atomic mass is 19.1. The summed E-state index contributed by atoms with van der Waals surface area (Å²) in [6, 6.07) is 5.16. The molecule has 4 heterocycles. The first kappa shape index (κ1) is 18.9. The minimum absolute atomic E-state index is 0.208. The molecule has 148 valence electrons. The molecule has 1 aliphatic rings. The molecule has 0 unspecified atom stereocenters. The van der Waals surface area contributed by atoms with Crippen molar-refractivity contribution in [3.05, 3.63) is 53.8 Å². The molecule has 0 aliphatic carbocycles. The maximum Gasteiger partial charge on any atom is 0.213 e. The number of rotatable bonds is 3. The van der Waals surface area contributed by atoms with Gasteiger partial charge in [-0.15, -0.1) is 10.2 Å². The number of nitrogens with zero attached hydrogens (tertiary/aromatic N) is 7. The number of piperidine rings is 1. The molecule has 0 bridgehead atoms. The van der Waals surface area contributed by atoms with Crippen molar-refractivity contribution in [1.82, 2.24) is 24.7 Å². The summed E-state index contributed by atoms with van der Waals surface area (Å²) in [5.41, 5.74) is 1.32. The Bertz CT molecular complexity index is 1090. The summed E-state index contributed by atoms with van der Waals surface area (Å²) < 4.78 is 30.6. The number of pyridine rings is 2. The van der Waals surface area contributed by atoms with E-state index in [0.717, 1.165) is 0 Å². The summed E-state index contributed by atoms with van der Waals surface area (Å²) in [6.45, 7) is 2.52. The zero-order chi connectivity index (χ0) is 20.6. The maximum absolute atomic E-state index is 15.5. The van der Waals surface area contributed by atoms with Gasteiger partial charge >= 0.3 is 0 Å². The molecule has 1 fully saturated rings. The molecule has 1 aliphatic heterocycles. The average molecular weight is 395 g/mol. The summed E-state index contributed by atoms with van der Waals surface area (Å²) in [4.78, 5) is 10.1. The van der Waals surface area contributed by atoms with Crippen LogP contribution in [0.25, 0.3) is 11.3 Å². The van der Waals surface area contributed by atoms with Crippen LogP contribution in [0.5, 0.6) is 0 Å². The van der Waals surface area contributed by atoms with E-state index in [1.807, 2.05) is 4.90 Å². The fourth-order valence-corrected chi connectivity index (χ4v) is 3.83. The molecule has 29 heavy (non-hydrogen) atoms. The fourth-order valence-electron chi connectivity index (χ4n) is 3.83. The molecule has 0 atom stereocenters. The molecule has 4 rings (SSSR count). The lowest BCUT2D eigenvalue weighted by Crippen LogP contribution is -2.42. The Morgan fingerprint density at radius 3 is 2.62 bits per heavy atom. The molecule has 0 saturated carbocycles. The average Bonchev–Trinajstić information content (AvgIpc) is 3.15. The molecule has 0 amide bonds. The normalized spacial score (nSPS) is 15.9. The van der Waals surface area contributed by atoms with Gasteiger partial charge < -0.3 is 9.47 Å². The van der Waals surface area contributed by atoms with Gasteiger partial charge in [0, 0.05) is 50.9 Å². The van der Waals surface area contributed by atoms with Crippen molar-refractivity contribution in [1.29, 1.82) is 5.26 Å². The number of alkyl halides is 1. The van der Waals surface area contributed by atoms with Gasteiger partial charge in [-0.25, -0.2) is 9.37 Å². The highest BCUT2D eigenvalue weighted by Gasteiger charge is 2.41. The van der Waals surface area contributed by atoms with Crippen LogP contribution in [0, 0.1) is 24.2 Å². The highest BCUT2D eigenvalue weighted by molar-refractivity contribution is 5.81. The Labute approximate surface area is 166 Å². The van der Waals surface area contributed by atoms with Gasteiger partial charge in [0.05, 0.1) is 16.9 Å². The van der Waals surface area contributed by atoms with E-state index in [2.05, 4.69) is 26.2 Å². The van der Waals surface area contributed by atoms with Crippen molar-refractivity contribution in [3.8, 4) is 17.3 Å². The van der Waals surface area contributed by atoms with Crippen LogP contribution in [0.4, 0.5) is 14.5 Å². The van der Waals surface area contributed by atoms with E-state index < -0.39 is 11.6 Å². The molecule has 0 aromatic carbocycles. The van der Waals surface area contributed by atoms with E-state index in [1.54, 1.807) is 30.8 Å². The second-order valence-electron chi connectivity index (χ2n) is 7.21. The van der Waals surface area contributed by atoms with Gasteiger partial charge in [0.15, 0.2) is 11.5 Å². The topological polar surface area (TPSA) is 83.5 Å². The van der Waals surface area contributed by atoms with Gasteiger partial charge in [0.25, 0.3) is 0 Å². The van der Waals surface area contributed by atoms with Gasteiger partial charge in [-0.05, 0) is 24.6 Å². The van der Waals surface area contributed by atoms with Crippen molar-refractivity contribution < 1.29 is 8.78 Å². The van der Waals surface area contributed by atoms with Crippen molar-refractivity contribution in [2.24, 2.45) is 7.05 Å². The minimum Gasteiger partial charge on any atom is -0.368 e. The predicted molar refractivity (Wildman–Crippen MR) is 102 cm³/mol. The van der Waals surface area contributed by atoms with Crippen molar-refractivity contribution >= 4 is 5.69 Å². The van der Waals surface area contributed by atoms with E-state index in [1.165, 1.54) is 18.6 Å². The summed E-state index contributed by atoms with van der Waals surface area (Å²) in [6.07, 6.45) is 4.86. The van der Waals surface area contributed by atoms with E-state index in [0.29, 0.717) is 47.0 Å². The lowest BCUT2D eigenvalue weighted by Gasteiger charge is -2.37. The van der Waals surface area contributed by atoms with Gasteiger partial charge in [-0.3, -0.25) is 4.98 Å². The van der Waals surface area contributed by atoms with E-state index >= 15 is 4.39 Å². The fraction of sp³-hybridized carbons (Fsp3) is 0.350. The van der Waals surface area contributed by atoms with Gasteiger partial charge in [0.1, 0.15) is 12.4 Å². The second kappa shape index (κ2) is 7.20. The number of hydrogen-bond acceptors (Lipinski definition) is 6. The number of halogens is 2. The van der Waals surface area contributed by atoms with E-state index in [4.69, 9.17) is 0 Å². The SMILES string of the molecule is Cc1cc(F)ncc1-c1nccc(C#N)c1N1CCC(F)(c2nncn2C)CC1. The first-order valence-corrected chi connectivity index (χ1v) is 9.23. The lowest BCUT2D eigenvalue weighted by atomic mass is 9.91. The zero-order valence-corrected chi connectivity index (χ0v) is 16.1. The van der Waals surface area contributed by atoms with Crippen LogP contribution in [0.2, 0.25) is 0 Å². The molecule has 7 nitrogen and oxygen atoms in total. The summed E-state index contributed by atoms with van der Waals surface area (Å²) in [5.74, 6) is -0.268. The van der Waals surface area contributed by atoms with E-state index in [-0.39, 0.29) is 12.8 Å². The second-order valence-corrected chi connectivity index (χ2v) is 7.21. The van der Waals surface area contributed by atoms with Crippen LogP contribution in [0.15, 0.2) is 30.9 Å².